The minimum atomic E-state index is -0.133. The lowest BCUT2D eigenvalue weighted by Gasteiger charge is -2.23. The van der Waals surface area contributed by atoms with Gasteiger partial charge in [0.1, 0.15) is 5.82 Å². The van der Waals surface area contributed by atoms with Crippen LogP contribution in [0.1, 0.15) is 36.8 Å². The van der Waals surface area contributed by atoms with E-state index in [-0.39, 0.29) is 5.82 Å². The Hall–Kier alpha value is -0.890. The molecule has 2 aliphatic carbocycles. The summed E-state index contributed by atoms with van der Waals surface area (Å²) in [6.45, 7) is 2.88. The Balaban J connectivity index is 1.60. The molecule has 0 amide bonds. The molecule has 1 aromatic carbocycles. The van der Waals surface area contributed by atoms with Crippen LogP contribution >= 0.6 is 0 Å². The number of hydrogen-bond donors (Lipinski definition) is 1. The van der Waals surface area contributed by atoms with Gasteiger partial charge in [0, 0.05) is 12.6 Å². The predicted octanol–water partition coefficient (Wildman–Crippen LogP) is 3.41. The Morgan fingerprint density at radius 3 is 2.82 bits per heavy atom. The quantitative estimate of drug-likeness (QED) is 0.843. The van der Waals surface area contributed by atoms with Crippen LogP contribution in [-0.2, 0) is 6.54 Å². The van der Waals surface area contributed by atoms with Gasteiger partial charge < -0.3 is 5.32 Å². The molecule has 3 rings (SSSR count). The topological polar surface area (TPSA) is 12.0 Å². The normalized spacial score (nSPS) is 31.1. The highest BCUT2D eigenvalue weighted by Gasteiger charge is 2.38. The summed E-state index contributed by atoms with van der Waals surface area (Å²) in [5.41, 5.74) is 2.29. The smallest absolute Gasteiger partial charge is 0.123 e. The van der Waals surface area contributed by atoms with E-state index in [0.29, 0.717) is 6.04 Å². The highest BCUT2D eigenvalue weighted by Crippen LogP contribution is 2.44. The summed E-state index contributed by atoms with van der Waals surface area (Å²) in [7, 11) is 0. The maximum absolute atomic E-state index is 13.0. The van der Waals surface area contributed by atoms with E-state index in [2.05, 4.69) is 5.32 Å². The zero-order chi connectivity index (χ0) is 11.8. The zero-order valence-corrected chi connectivity index (χ0v) is 10.4. The van der Waals surface area contributed by atoms with Crippen LogP contribution in [0.5, 0.6) is 0 Å². The van der Waals surface area contributed by atoms with Crippen LogP contribution in [0.3, 0.4) is 0 Å². The van der Waals surface area contributed by atoms with Crippen molar-refractivity contribution in [2.45, 2.75) is 45.2 Å². The maximum atomic E-state index is 13.0. The predicted molar refractivity (Wildman–Crippen MR) is 67.2 cm³/mol. The Morgan fingerprint density at radius 1 is 1.29 bits per heavy atom. The average molecular weight is 233 g/mol. The van der Waals surface area contributed by atoms with Crippen molar-refractivity contribution in [2.75, 3.05) is 0 Å². The first-order valence-electron chi connectivity index (χ1n) is 6.71. The van der Waals surface area contributed by atoms with Gasteiger partial charge in [0.25, 0.3) is 0 Å². The molecule has 2 heteroatoms. The molecule has 2 saturated carbocycles. The lowest BCUT2D eigenvalue weighted by molar-refractivity contribution is 0.350. The SMILES string of the molecule is Cc1cc(F)ccc1CNC1CC2CCC1C2. The Labute approximate surface area is 102 Å². The van der Waals surface area contributed by atoms with Gasteiger partial charge >= 0.3 is 0 Å². The second-order valence-electron chi connectivity index (χ2n) is 5.73. The van der Waals surface area contributed by atoms with E-state index in [1.54, 1.807) is 12.1 Å². The monoisotopic (exact) mass is 233 g/mol. The highest BCUT2D eigenvalue weighted by atomic mass is 19.1. The van der Waals surface area contributed by atoms with Crippen LogP contribution in [0, 0.1) is 24.6 Å². The Kier molecular flexibility index (Phi) is 2.91. The summed E-state index contributed by atoms with van der Waals surface area (Å²) in [6.07, 6.45) is 5.63. The van der Waals surface area contributed by atoms with Gasteiger partial charge in [0.2, 0.25) is 0 Å². The van der Waals surface area contributed by atoms with E-state index < -0.39 is 0 Å². The second-order valence-corrected chi connectivity index (χ2v) is 5.73. The molecule has 0 radical (unpaired) electrons. The number of hydrogen-bond acceptors (Lipinski definition) is 1. The third kappa shape index (κ3) is 2.23. The van der Waals surface area contributed by atoms with E-state index in [0.717, 1.165) is 23.9 Å². The van der Waals surface area contributed by atoms with E-state index in [1.165, 1.54) is 31.2 Å². The van der Waals surface area contributed by atoms with Gasteiger partial charge in [-0.1, -0.05) is 12.5 Å². The number of benzene rings is 1. The van der Waals surface area contributed by atoms with Crippen molar-refractivity contribution in [1.82, 2.24) is 5.32 Å². The van der Waals surface area contributed by atoms with Crippen molar-refractivity contribution in [3.63, 3.8) is 0 Å². The van der Waals surface area contributed by atoms with Crippen molar-refractivity contribution in [3.8, 4) is 0 Å². The first kappa shape index (κ1) is 11.2. The first-order chi connectivity index (χ1) is 8.22. The molecule has 3 atom stereocenters. The van der Waals surface area contributed by atoms with Gasteiger partial charge in [-0.15, -0.1) is 0 Å². The molecule has 3 unspecified atom stereocenters. The molecule has 2 aliphatic rings. The molecule has 1 nitrogen and oxygen atoms in total. The second kappa shape index (κ2) is 4.41. The van der Waals surface area contributed by atoms with E-state index in [9.17, 15) is 4.39 Å². The number of fused-ring (bicyclic) bond motifs is 2. The van der Waals surface area contributed by atoms with E-state index >= 15 is 0 Å². The molecule has 0 spiro atoms. The minimum Gasteiger partial charge on any atom is -0.310 e. The number of nitrogens with one attached hydrogen (secondary N) is 1. The third-order valence-electron chi connectivity index (χ3n) is 4.60. The summed E-state index contributed by atoms with van der Waals surface area (Å²) in [4.78, 5) is 0. The molecule has 2 fully saturated rings. The van der Waals surface area contributed by atoms with Crippen molar-refractivity contribution < 1.29 is 4.39 Å². The third-order valence-corrected chi connectivity index (χ3v) is 4.60. The van der Waals surface area contributed by atoms with Crippen molar-refractivity contribution in [1.29, 1.82) is 0 Å². The lowest BCUT2D eigenvalue weighted by Crippen LogP contribution is -2.33. The Bertz CT molecular complexity index is 415. The Morgan fingerprint density at radius 2 is 2.18 bits per heavy atom. The van der Waals surface area contributed by atoms with Gasteiger partial charge in [-0.2, -0.15) is 0 Å². The van der Waals surface area contributed by atoms with Crippen molar-refractivity contribution >= 4 is 0 Å². The summed E-state index contributed by atoms with van der Waals surface area (Å²) < 4.78 is 13.0. The van der Waals surface area contributed by atoms with Crippen LogP contribution < -0.4 is 5.32 Å². The summed E-state index contributed by atoms with van der Waals surface area (Å²) >= 11 is 0. The minimum absolute atomic E-state index is 0.133. The molecule has 0 aliphatic heterocycles. The molecule has 0 heterocycles. The molecule has 1 N–H and O–H groups in total. The molecule has 1 aromatic rings. The molecule has 92 valence electrons. The summed E-state index contributed by atoms with van der Waals surface area (Å²) in [5.74, 6) is 1.75. The van der Waals surface area contributed by atoms with Crippen LogP contribution in [-0.4, -0.2) is 6.04 Å². The zero-order valence-electron chi connectivity index (χ0n) is 10.4. The molecular weight excluding hydrogens is 213 g/mol. The van der Waals surface area contributed by atoms with E-state index in [1.807, 2.05) is 13.0 Å². The van der Waals surface area contributed by atoms with E-state index in [4.69, 9.17) is 0 Å². The van der Waals surface area contributed by atoms with Crippen molar-refractivity contribution in [3.05, 3.63) is 35.1 Å². The van der Waals surface area contributed by atoms with Gasteiger partial charge in [-0.05, 0) is 61.3 Å². The van der Waals surface area contributed by atoms with Crippen LogP contribution in [0.15, 0.2) is 18.2 Å². The fraction of sp³-hybridized carbons (Fsp3) is 0.600. The number of aryl methyl sites for hydroxylation is 1. The molecule has 2 bridgehead atoms. The van der Waals surface area contributed by atoms with Crippen LogP contribution in [0.2, 0.25) is 0 Å². The standard InChI is InChI=1S/C15H20FN/c1-10-6-14(16)5-4-13(10)9-17-15-8-11-2-3-12(15)7-11/h4-6,11-12,15,17H,2-3,7-9H2,1H3. The molecule has 0 saturated heterocycles. The first-order valence-corrected chi connectivity index (χ1v) is 6.71. The van der Waals surface area contributed by atoms with Gasteiger partial charge in [-0.25, -0.2) is 4.39 Å². The van der Waals surface area contributed by atoms with Crippen LogP contribution in [0.4, 0.5) is 4.39 Å². The number of halogens is 1. The van der Waals surface area contributed by atoms with Gasteiger partial charge in [0.15, 0.2) is 0 Å². The highest BCUT2D eigenvalue weighted by molar-refractivity contribution is 5.26. The number of rotatable bonds is 3. The molecule has 0 aromatic heterocycles. The maximum Gasteiger partial charge on any atom is 0.123 e. The van der Waals surface area contributed by atoms with Gasteiger partial charge in [-0.3, -0.25) is 0 Å². The van der Waals surface area contributed by atoms with Crippen LogP contribution in [0.25, 0.3) is 0 Å². The van der Waals surface area contributed by atoms with Gasteiger partial charge in [0.05, 0.1) is 0 Å². The largest absolute Gasteiger partial charge is 0.310 e. The lowest BCUT2D eigenvalue weighted by atomic mass is 9.95. The molecule has 17 heavy (non-hydrogen) atoms. The fourth-order valence-electron chi connectivity index (χ4n) is 3.59. The molecular formula is C15H20FN. The fourth-order valence-corrected chi connectivity index (χ4v) is 3.59. The summed E-state index contributed by atoms with van der Waals surface area (Å²) in [6, 6.07) is 5.80. The van der Waals surface area contributed by atoms with Crippen molar-refractivity contribution in [2.24, 2.45) is 11.8 Å². The summed E-state index contributed by atoms with van der Waals surface area (Å²) in [5, 5.41) is 3.67. The average Bonchev–Trinajstić information content (AvgIpc) is 2.89.